The van der Waals surface area contributed by atoms with Crippen molar-refractivity contribution < 1.29 is 13.2 Å². The summed E-state index contributed by atoms with van der Waals surface area (Å²) in [7, 11) is -1.55. The second kappa shape index (κ2) is 8.35. The Balaban J connectivity index is 2.04. The van der Waals surface area contributed by atoms with Gasteiger partial charge in [0.25, 0.3) is 0 Å². The Labute approximate surface area is 179 Å². The number of nitrogens with one attached hydrogen (secondary N) is 1. The Kier molecular flexibility index (Phi) is 6.19. The molecule has 1 N–H and O–H groups in total. The molecule has 1 aromatic carbocycles. The third-order valence-electron chi connectivity index (χ3n) is 5.82. The van der Waals surface area contributed by atoms with Gasteiger partial charge in [-0.15, -0.1) is 0 Å². The zero-order valence-corrected chi connectivity index (χ0v) is 19.1. The topological polar surface area (TPSA) is 82.6 Å². The molecule has 2 heterocycles. The number of benzene rings is 1. The van der Waals surface area contributed by atoms with Gasteiger partial charge in [0.15, 0.2) is 0 Å². The molecule has 0 radical (unpaired) electrons. The molecule has 30 heavy (non-hydrogen) atoms. The van der Waals surface area contributed by atoms with E-state index >= 15 is 0 Å². The minimum Gasteiger partial charge on any atom is -0.358 e. The Morgan fingerprint density at radius 2 is 1.73 bits per heavy atom. The molecule has 8 heteroatoms. The smallest absolute Gasteiger partial charge is 0.229 e. The van der Waals surface area contributed by atoms with Crippen molar-refractivity contribution in [1.82, 2.24) is 14.6 Å². The third-order valence-corrected chi connectivity index (χ3v) is 7.13. The van der Waals surface area contributed by atoms with Gasteiger partial charge in [-0.25, -0.2) is 13.4 Å². The molecule has 162 valence electrons. The number of carbonyl (C=O) groups excluding carboxylic acids is 1. The summed E-state index contributed by atoms with van der Waals surface area (Å²) in [6, 6.07) is 10.1. The summed E-state index contributed by atoms with van der Waals surface area (Å²) < 4.78 is 25.1. The SMILES string of the molecule is CNC(=O)C(C)(C)c1cnc(N2CCN(S(C)(=O)=O)CC2)cc1-c1ccccc1C. The highest BCUT2D eigenvalue weighted by Gasteiger charge is 2.33. The highest BCUT2D eigenvalue weighted by atomic mass is 32.2. The molecule has 0 aliphatic carbocycles. The van der Waals surface area contributed by atoms with Crippen molar-refractivity contribution in [3.05, 3.63) is 47.7 Å². The molecule has 1 amide bonds. The highest BCUT2D eigenvalue weighted by Crippen LogP contribution is 2.36. The fourth-order valence-electron chi connectivity index (χ4n) is 3.90. The number of likely N-dealkylation sites (N-methyl/N-ethyl adjacent to an activating group) is 1. The van der Waals surface area contributed by atoms with Crippen molar-refractivity contribution in [2.24, 2.45) is 0 Å². The monoisotopic (exact) mass is 430 g/mol. The molecule has 0 saturated carbocycles. The van der Waals surface area contributed by atoms with E-state index in [4.69, 9.17) is 0 Å². The number of hydrogen-bond acceptors (Lipinski definition) is 5. The van der Waals surface area contributed by atoms with Gasteiger partial charge in [-0.05, 0) is 49.1 Å². The van der Waals surface area contributed by atoms with E-state index in [0.717, 1.165) is 28.1 Å². The number of amides is 1. The van der Waals surface area contributed by atoms with Crippen LogP contribution in [-0.4, -0.2) is 63.1 Å². The Morgan fingerprint density at radius 3 is 2.30 bits per heavy atom. The summed E-state index contributed by atoms with van der Waals surface area (Å²) in [5, 5.41) is 2.75. The number of aromatic nitrogens is 1. The van der Waals surface area contributed by atoms with E-state index in [-0.39, 0.29) is 5.91 Å². The standard InChI is InChI=1S/C22H30N4O3S/c1-16-8-6-7-9-17(16)18-14-20(24-15-19(18)22(2,3)21(27)23-4)25-10-12-26(13-11-25)30(5,28)29/h6-9,14-15H,10-13H2,1-5H3,(H,23,27). The molecule has 2 aromatic rings. The van der Waals surface area contributed by atoms with Crippen LogP contribution >= 0.6 is 0 Å². The van der Waals surface area contributed by atoms with Gasteiger partial charge in [-0.2, -0.15) is 4.31 Å². The lowest BCUT2D eigenvalue weighted by atomic mass is 9.79. The molecule has 0 bridgehead atoms. The number of sulfonamides is 1. The summed E-state index contributed by atoms with van der Waals surface area (Å²) in [5.41, 5.74) is 3.24. The van der Waals surface area contributed by atoms with Crippen molar-refractivity contribution >= 4 is 21.7 Å². The number of pyridine rings is 1. The van der Waals surface area contributed by atoms with E-state index in [2.05, 4.69) is 34.3 Å². The summed E-state index contributed by atoms with van der Waals surface area (Å²) in [4.78, 5) is 19.4. The van der Waals surface area contributed by atoms with Gasteiger partial charge in [-0.1, -0.05) is 24.3 Å². The number of rotatable bonds is 5. The van der Waals surface area contributed by atoms with Gasteiger partial charge in [0.1, 0.15) is 5.82 Å². The predicted octanol–water partition coefficient (Wildman–Crippen LogP) is 2.16. The Hall–Kier alpha value is -2.45. The summed E-state index contributed by atoms with van der Waals surface area (Å²) in [5.74, 6) is 0.714. The summed E-state index contributed by atoms with van der Waals surface area (Å²) >= 11 is 0. The largest absolute Gasteiger partial charge is 0.358 e. The van der Waals surface area contributed by atoms with Crippen LogP contribution in [0.15, 0.2) is 36.5 Å². The second-order valence-corrected chi connectivity index (χ2v) is 10.2. The molecule has 0 unspecified atom stereocenters. The quantitative estimate of drug-likeness (QED) is 0.786. The fourth-order valence-corrected chi connectivity index (χ4v) is 4.72. The first kappa shape index (κ1) is 22.2. The number of hydrogen-bond donors (Lipinski definition) is 1. The lowest BCUT2D eigenvalue weighted by Gasteiger charge is -2.35. The molecular formula is C22H30N4O3S. The lowest BCUT2D eigenvalue weighted by molar-refractivity contribution is -0.125. The van der Waals surface area contributed by atoms with Gasteiger partial charge in [-0.3, -0.25) is 4.79 Å². The zero-order chi connectivity index (χ0) is 22.1. The van der Waals surface area contributed by atoms with E-state index < -0.39 is 15.4 Å². The van der Waals surface area contributed by atoms with Crippen LogP contribution in [-0.2, 0) is 20.2 Å². The lowest BCUT2D eigenvalue weighted by Crippen LogP contribution is -2.48. The minimum atomic E-state index is -3.18. The van der Waals surface area contributed by atoms with E-state index in [1.807, 2.05) is 32.0 Å². The van der Waals surface area contributed by atoms with E-state index in [9.17, 15) is 13.2 Å². The first-order valence-corrected chi connectivity index (χ1v) is 11.9. The fraction of sp³-hybridized carbons (Fsp3) is 0.455. The molecule has 1 fully saturated rings. The minimum absolute atomic E-state index is 0.0753. The molecule has 1 saturated heterocycles. The number of carbonyl (C=O) groups is 1. The first-order chi connectivity index (χ1) is 14.1. The molecular weight excluding hydrogens is 400 g/mol. The van der Waals surface area contributed by atoms with Crippen molar-refractivity contribution in [2.75, 3.05) is 44.4 Å². The Bertz CT molecular complexity index is 1040. The summed E-state index contributed by atoms with van der Waals surface area (Å²) in [6.07, 6.45) is 3.03. The van der Waals surface area contributed by atoms with Gasteiger partial charge < -0.3 is 10.2 Å². The molecule has 1 aliphatic heterocycles. The van der Waals surface area contributed by atoms with Gasteiger partial charge in [0, 0.05) is 39.4 Å². The predicted molar refractivity (Wildman–Crippen MR) is 120 cm³/mol. The maximum atomic E-state index is 12.6. The van der Waals surface area contributed by atoms with Crippen LogP contribution in [0.4, 0.5) is 5.82 Å². The van der Waals surface area contributed by atoms with Crippen LogP contribution in [0.2, 0.25) is 0 Å². The van der Waals surface area contributed by atoms with Crippen LogP contribution < -0.4 is 10.2 Å². The molecule has 0 spiro atoms. The van der Waals surface area contributed by atoms with Crippen molar-refractivity contribution in [3.63, 3.8) is 0 Å². The van der Waals surface area contributed by atoms with Crippen LogP contribution in [0.1, 0.15) is 25.0 Å². The van der Waals surface area contributed by atoms with Crippen molar-refractivity contribution in [3.8, 4) is 11.1 Å². The zero-order valence-electron chi connectivity index (χ0n) is 18.3. The van der Waals surface area contributed by atoms with Crippen LogP contribution in [0.5, 0.6) is 0 Å². The normalized spacial score (nSPS) is 15.8. The number of anilines is 1. The maximum absolute atomic E-state index is 12.6. The van der Waals surface area contributed by atoms with Crippen LogP contribution in [0.25, 0.3) is 11.1 Å². The highest BCUT2D eigenvalue weighted by molar-refractivity contribution is 7.88. The summed E-state index contributed by atoms with van der Waals surface area (Å²) in [6.45, 7) is 7.87. The number of piperazine rings is 1. The average Bonchev–Trinajstić information content (AvgIpc) is 2.72. The molecule has 1 aromatic heterocycles. The molecule has 0 atom stereocenters. The number of nitrogens with zero attached hydrogens (tertiary/aromatic N) is 3. The van der Waals surface area contributed by atoms with Crippen LogP contribution in [0, 0.1) is 6.92 Å². The Morgan fingerprint density at radius 1 is 1.10 bits per heavy atom. The maximum Gasteiger partial charge on any atom is 0.229 e. The van der Waals surface area contributed by atoms with Gasteiger partial charge >= 0.3 is 0 Å². The van der Waals surface area contributed by atoms with Gasteiger partial charge in [0.05, 0.1) is 11.7 Å². The number of aryl methyl sites for hydroxylation is 1. The third kappa shape index (κ3) is 4.34. The van der Waals surface area contributed by atoms with Gasteiger partial charge in [0.2, 0.25) is 15.9 Å². The molecule has 7 nitrogen and oxygen atoms in total. The second-order valence-electron chi connectivity index (χ2n) is 8.26. The molecule has 3 rings (SSSR count). The van der Waals surface area contributed by atoms with Crippen molar-refractivity contribution in [1.29, 1.82) is 0 Å². The van der Waals surface area contributed by atoms with Crippen LogP contribution in [0.3, 0.4) is 0 Å². The van der Waals surface area contributed by atoms with Crippen molar-refractivity contribution in [2.45, 2.75) is 26.2 Å². The van der Waals surface area contributed by atoms with E-state index in [1.54, 1.807) is 13.2 Å². The molecule has 1 aliphatic rings. The first-order valence-electron chi connectivity index (χ1n) is 10.0. The average molecular weight is 431 g/mol. The van der Waals surface area contributed by atoms with E-state index in [1.165, 1.54) is 10.6 Å². The van der Waals surface area contributed by atoms with E-state index in [0.29, 0.717) is 26.2 Å².